The van der Waals surface area contributed by atoms with Crippen molar-refractivity contribution in [2.24, 2.45) is 0 Å². The van der Waals surface area contributed by atoms with E-state index in [1.807, 2.05) is 0 Å². The van der Waals surface area contributed by atoms with E-state index in [0.717, 1.165) is 11.8 Å². The number of hydrogen-bond acceptors (Lipinski definition) is 8. The predicted molar refractivity (Wildman–Crippen MR) is 106 cm³/mol. The molecule has 1 aliphatic heterocycles. The zero-order valence-electron chi connectivity index (χ0n) is 15.4. The molecule has 0 bridgehead atoms. The number of benzene rings is 1. The minimum atomic E-state index is -5.21. The molecule has 0 aromatic heterocycles. The van der Waals surface area contributed by atoms with Crippen LogP contribution < -0.4 is 11.1 Å². The number of halogens is 5. The molecule has 1 saturated heterocycles. The molecule has 1 heterocycles. The third-order valence-corrected chi connectivity index (χ3v) is 6.16. The Bertz CT molecular complexity index is 776. The Kier molecular flexibility index (Phi) is 8.51. The fourth-order valence-electron chi connectivity index (χ4n) is 2.54. The number of anilines is 1. The van der Waals surface area contributed by atoms with Gasteiger partial charge in [-0.2, -0.15) is 13.2 Å². The molecule has 2 unspecified atom stereocenters. The highest BCUT2D eigenvalue weighted by atomic mass is 35.5. The van der Waals surface area contributed by atoms with Crippen LogP contribution in [-0.2, 0) is 19.1 Å². The lowest BCUT2D eigenvalue weighted by atomic mass is 10.1. The third kappa shape index (κ3) is 6.30. The summed E-state index contributed by atoms with van der Waals surface area (Å²) in [6.45, 7) is 0.393. The van der Waals surface area contributed by atoms with Crippen molar-refractivity contribution in [3.63, 3.8) is 0 Å². The second-order valence-electron chi connectivity index (χ2n) is 6.35. The lowest BCUT2D eigenvalue weighted by Crippen LogP contribution is -2.41. The molecule has 1 fully saturated rings. The first kappa shape index (κ1) is 24.9. The standard InChI is InChI=1S/C17H19Cl2F3N2O5S/c18-10-6-9(7-11(19)13(10)23)12(25)8-24-3-1-5-30-16(2-4-28-14(16)26)29-15(27)17(20,21)22/h6-7,12,24-25H,1-5,8,23H2. The molecule has 1 aromatic carbocycles. The molecule has 0 aliphatic carbocycles. The highest BCUT2D eigenvalue weighted by Gasteiger charge is 2.54. The van der Waals surface area contributed by atoms with E-state index in [4.69, 9.17) is 28.9 Å². The second kappa shape index (κ2) is 10.3. The highest BCUT2D eigenvalue weighted by molar-refractivity contribution is 8.01. The number of hydrogen-bond donors (Lipinski definition) is 3. The summed E-state index contributed by atoms with van der Waals surface area (Å²) in [5.74, 6) is -3.23. The predicted octanol–water partition coefficient (Wildman–Crippen LogP) is 3.07. The zero-order valence-corrected chi connectivity index (χ0v) is 17.8. The van der Waals surface area contributed by atoms with E-state index in [9.17, 15) is 27.9 Å². The van der Waals surface area contributed by atoms with Crippen molar-refractivity contribution in [3.05, 3.63) is 27.7 Å². The average molecular weight is 491 g/mol. The van der Waals surface area contributed by atoms with E-state index in [1.165, 1.54) is 12.1 Å². The lowest BCUT2D eigenvalue weighted by molar-refractivity contribution is -0.207. The number of alkyl halides is 3. The van der Waals surface area contributed by atoms with Gasteiger partial charge in [-0.3, -0.25) is 0 Å². The summed E-state index contributed by atoms with van der Waals surface area (Å²) in [6, 6.07) is 2.99. The maximum absolute atomic E-state index is 12.5. The Morgan fingerprint density at radius 2 is 2.03 bits per heavy atom. The van der Waals surface area contributed by atoms with Crippen LogP contribution in [0.3, 0.4) is 0 Å². The van der Waals surface area contributed by atoms with Crippen LogP contribution in [0.25, 0.3) is 0 Å². The molecule has 1 aliphatic rings. The molecule has 7 nitrogen and oxygen atoms in total. The summed E-state index contributed by atoms with van der Waals surface area (Å²) < 4.78 is 46.6. The number of carbonyl (C=O) groups excluding carboxylic acids is 2. The number of nitrogens with one attached hydrogen (secondary N) is 1. The number of aliphatic hydroxyl groups excluding tert-OH is 1. The molecule has 13 heteroatoms. The average Bonchev–Trinajstić information content (AvgIpc) is 3.01. The first-order valence-electron chi connectivity index (χ1n) is 8.71. The maximum Gasteiger partial charge on any atom is 0.490 e. The molecule has 0 saturated carbocycles. The van der Waals surface area contributed by atoms with Crippen LogP contribution in [0.15, 0.2) is 12.1 Å². The van der Waals surface area contributed by atoms with Crippen molar-refractivity contribution < 1.29 is 37.3 Å². The molecule has 168 valence electrons. The number of cyclic esters (lactones) is 1. The molecule has 0 spiro atoms. The number of nitrogen functional groups attached to an aromatic ring is 1. The lowest BCUT2D eigenvalue weighted by Gasteiger charge is -2.24. The summed E-state index contributed by atoms with van der Waals surface area (Å²) in [5.41, 5.74) is 6.32. The van der Waals surface area contributed by atoms with Gasteiger partial charge in [-0.05, 0) is 36.4 Å². The molecule has 1 aromatic rings. The van der Waals surface area contributed by atoms with Crippen LogP contribution in [0.4, 0.5) is 18.9 Å². The van der Waals surface area contributed by atoms with Crippen molar-refractivity contribution in [1.29, 1.82) is 0 Å². The van der Waals surface area contributed by atoms with E-state index < -0.39 is 29.2 Å². The summed E-state index contributed by atoms with van der Waals surface area (Å²) in [4.78, 5) is 21.0. The molecule has 30 heavy (non-hydrogen) atoms. The number of esters is 2. The minimum Gasteiger partial charge on any atom is -0.462 e. The molecule has 0 amide bonds. The molecule has 2 rings (SSSR count). The zero-order chi connectivity index (χ0) is 22.5. The Morgan fingerprint density at radius 1 is 1.40 bits per heavy atom. The summed E-state index contributed by atoms with van der Waals surface area (Å²) >= 11 is 12.6. The van der Waals surface area contributed by atoms with Gasteiger partial charge in [0.1, 0.15) is 0 Å². The number of aliphatic hydroxyl groups is 1. The van der Waals surface area contributed by atoms with Crippen LogP contribution in [0.5, 0.6) is 0 Å². The van der Waals surface area contributed by atoms with E-state index >= 15 is 0 Å². The first-order chi connectivity index (χ1) is 14.0. The van der Waals surface area contributed by atoms with E-state index in [1.54, 1.807) is 0 Å². The third-order valence-electron chi connectivity index (χ3n) is 4.12. The van der Waals surface area contributed by atoms with Crippen LogP contribution >= 0.6 is 35.0 Å². The van der Waals surface area contributed by atoms with Gasteiger partial charge in [0.05, 0.1) is 28.4 Å². The van der Waals surface area contributed by atoms with Gasteiger partial charge in [0.25, 0.3) is 4.93 Å². The first-order valence-corrected chi connectivity index (χ1v) is 10.4. The second-order valence-corrected chi connectivity index (χ2v) is 8.52. The topological polar surface area (TPSA) is 111 Å². The Morgan fingerprint density at radius 3 is 2.57 bits per heavy atom. The number of nitrogens with two attached hydrogens (primary N) is 1. The molecule has 2 atom stereocenters. The van der Waals surface area contributed by atoms with Gasteiger partial charge in [-0.25, -0.2) is 9.59 Å². The van der Waals surface area contributed by atoms with Gasteiger partial charge in [-0.1, -0.05) is 23.2 Å². The van der Waals surface area contributed by atoms with E-state index in [2.05, 4.69) is 14.8 Å². The van der Waals surface area contributed by atoms with Crippen LogP contribution in [0.2, 0.25) is 10.0 Å². The monoisotopic (exact) mass is 490 g/mol. The van der Waals surface area contributed by atoms with Crippen molar-refractivity contribution in [1.82, 2.24) is 5.32 Å². The van der Waals surface area contributed by atoms with Gasteiger partial charge >= 0.3 is 18.1 Å². The smallest absolute Gasteiger partial charge is 0.462 e. The van der Waals surface area contributed by atoms with Crippen molar-refractivity contribution in [2.75, 3.05) is 31.2 Å². The molecular weight excluding hydrogens is 472 g/mol. The van der Waals surface area contributed by atoms with E-state index in [-0.39, 0.29) is 41.1 Å². The Balaban J connectivity index is 1.79. The number of ether oxygens (including phenoxy) is 2. The molecule has 4 N–H and O–H groups in total. The SMILES string of the molecule is Nc1c(Cl)cc(C(O)CNCCCSC2(OC(=O)C(F)(F)F)CCOC2=O)cc1Cl. The molecule has 0 radical (unpaired) electrons. The summed E-state index contributed by atoms with van der Waals surface area (Å²) in [5, 5.41) is 13.6. The number of rotatable bonds is 9. The number of carbonyl (C=O) groups is 2. The quantitative estimate of drug-likeness (QED) is 0.209. The van der Waals surface area contributed by atoms with Gasteiger partial charge in [-0.15, -0.1) is 11.8 Å². The van der Waals surface area contributed by atoms with Crippen LogP contribution in [0, 0.1) is 0 Å². The Hall–Kier alpha value is -1.40. The van der Waals surface area contributed by atoms with Gasteiger partial charge in [0.15, 0.2) is 0 Å². The van der Waals surface area contributed by atoms with Crippen molar-refractivity contribution in [2.45, 2.75) is 30.1 Å². The van der Waals surface area contributed by atoms with Crippen molar-refractivity contribution >= 4 is 52.6 Å². The molecular formula is C17H19Cl2F3N2O5S. The van der Waals surface area contributed by atoms with E-state index in [0.29, 0.717) is 18.5 Å². The van der Waals surface area contributed by atoms with Gasteiger partial charge in [0, 0.05) is 13.0 Å². The van der Waals surface area contributed by atoms with Gasteiger partial charge < -0.3 is 25.6 Å². The summed E-state index contributed by atoms with van der Waals surface area (Å²) in [7, 11) is 0. The van der Waals surface area contributed by atoms with Crippen LogP contribution in [0.1, 0.15) is 24.5 Å². The Labute approximate surface area is 184 Å². The highest BCUT2D eigenvalue weighted by Crippen LogP contribution is 2.38. The number of thioether (sulfide) groups is 1. The fraction of sp³-hybridized carbons (Fsp3) is 0.529. The van der Waals surface area contributed by atoms with Crippen molar-refractivity contribution in [3.8, 4) is 0 Å². The van der Waals surface area contributed by atoms with Gasteiger partial charge in [0.2, 0.25) is 0 Å². The van der Waals surface area contributed by atoms with Crippen LogP contribution in [-0.4, -0.2) is 53.6 Å². The fourth-order valence-corrected chi connectivity index (χ4v) is 4.20. The largest absolute Gasteiger partial charge is 0.490 e. The summed E-state index contributed by atoms with van der Waals surface area (Å²) in [6.07, 6.45) is -5.87. The minimum absolute atomic E-state index is 0.131. The normalized spacial score (nSPS) is 20.1. The maximum atomic E-state index is 12.5.